The molecule has 0 atom stereocenters. The molecule has 0 amide bonds. The number of carbonyl (C=O) groups is 1. The predicted octanol–water partition coefficient (Wildman–Crippen LogP) is 3.40. The van der Waals surface area contributed by atoms with E-state index in [-0.39, 0.29) is 5.78 Å². The number of nitrogens with two attached hydrogens (primary N) is 1. The van der Waals surface area contributed by atoms with E-state index in [2.05, 4.69) is 10.2 Å². The molecule has 3 N–H and O–H groups in total. The minimum absolute atomic E-state index is 0.0229. The summed E-state index contributed by atoms with van der Waals surface area (Å²) in [5, 5.41) is 3.39. The Labute approximate surface area is 143 Å². The minimum Gasteiger partial charge on any atom is -0.397 e. The van der Waals surface area contributed by atoms with Gasteiger partial charge >= 0.3 is 0 Å². The highest BCUT2D eigenvalue weighted by molar-refractivity contribution is 6.09. The molecule has 0 aliphatic carbocycles. The second kappa shape index (κ2) is 7.97. The molecular weight excluding hydrogens is 298 g/mol. The molecular formula is C20H25N3O. The number of rotatable bonds is 6. The van der Waals surface area contributed by atoms with Crippen LogP contribution in [-0.2, 0) is 0 Å². The number of nitrogen functional groups attached to an aromatic ring is 1. The lowest BCUT2D eigenvalue weighted by molar-refractivity contribution is 0.103. The van der Waals surface area contributed by atoms with Gasteiger partial charge in [-0.1, -0.05) is 36.8 Å². The molecule has 0 spiro atoms. The normalized spacial score (nSPS) is 15.2. The molecule has 1 aliphatic heterocycles. The topological polar surface area (TPSA) is 58.4 Å². The van der Waals surface area contributed by atoms with Crippen molar-refractivity contribution in [2.75, 3.05) is 37.2 Å². The van der Waals surface area contributed by atoms with Gasteiger partial charge in [-0.2, -0.15) is 0 Å². The Balaban J connectivity index is 1.64. The van der Waals surface area contributed by atoms with Crippen LogP contribution in [0.2, 0.25) is 0 Å². The lowest BCUT2D eigenvalue weighted by Gasteiger charge is -2.26. The zero-order valence-electron chi connectivity index (χ0n) is 14.0. The number of nitrogens with zero attached hydrogens (tertiary/aromatic N) is 1. The highest BCUT2D eigenvalue weighted by atomic mass is 16.1. The predicted molar refractivity (Wildman–Crippen MR) is 99.5 cm³/mol. The quantitative estimate of drug-likeness (QED) is 0.632. The first-order valence-electron chi connectivity index (χ1n) is 8.69. The van der Waals surface area contributed by atoms with Crippen molar-refractivity contribution < 1.29 is 4.79 Å². The van der Waals surface area contributed by atoms with E-state index < -0.39 is 0 Å². The zero-order chi connectivity index (χ0) is 16.8. The summed E-state index contributed by atoms with van der Waals surface area (Å²) in [5.74, 6) is 0.0229. The fourth-order valence-electron chi connectivity index (χ4n) is 3.14. The van der Waals surface area contributed by atoms with Gasteiger partial charge in [-0.3, -0.25) is 4.79 Å². The van der Waals surface area contributed by atoms with E-state index in [0.717, 1.165) is 18.8 Å². The number of likely N-dealkylation sites (tertiary alicyclic amines) is 1. The van der Waals surface area contributed by atoms with Gasteiger partial charge in [-0.15, -0.1) is 0 Å². The smallest absolute Gasteiger partial charge is 0.193 e. The molecule has 4 heteroatoms. The minimum atomic E-state index is 0.0229. The van der Waals surface area contributed by atoms with Gasteiger partial charge in [0.25, 0.3) is 0 Å². The first kappa shape index (κ1) is 16.5. The van der Waals surface area contributed by atoms with Gasteiger partial charge in [0.2, 0.25) is 0 Å². The molecule has 0 saturated carbocycles. The monoisotopic (exact) mass is 323 g/mol. The van der Waals surface area contributed by atoms with Gasteiger partial charge in [0.15, 0.2) is 5.78 Å². The molecule has 2 aromatic carbocycles. The number of anilines is 2. The number of carbonyl (C=O) groups excluding carboxylic acids is 1. The van der Waals surface area contributed by atoms with Crippen molar-refractivity contribution >= 4 is 17.2 Å². The van der Waals surface area contributed by atoms with Crippen LogP contribution in [0.25, 0.3) is 0 Å². The van der Waals surface area contributed by atoms with E-state index in [9.17, 15) is 4.79 Å². The van der Waals surface area contributed by atoms with Gasteiger partial charge in [0.1, 0.15) is 0 Å². The maximum absolute atomic E-state index is 12.6. The fourth-order valence-corrected chi connectivity index (χ4v) is 3.14. The average molecular weight is 323 g/mol. The standard InChI is InChI=1S/C20H25N3O/c21-18-10-9-17(20(24)16-7-3-1-4-8-16)15-19(18)22-11-14-23-12-5-2-6-13-23/h1,3-4,7-10,15,22H,2,5-6,11-14,21H2. The zero-order valence-corrected chi connectivity index (χ0v) is 14.0. The van der Waals surface area contributed by atoms with E-state index >= 15 is 0 Å². The molecule has 3 rings (SSSR count). The second-order valence-electron chi connectivity index (χ2n) is 6.33. The van der Waals surface area contributed by atoms with Crippen molar-refractivity contribution in [1.82, 2.24) is 4.90 Å². The van der Waals surface area contributed by atoms with E-state index in [0.29, 0.717) is 16.8 Å². The molecule has 0 unspecified atom stereocenters. The van der Waals surface area contributed by atoms with Crippen molar-refractivity contribution in [3.8, 4) is 0 Å². The van der Waals surface area contributed by atoms with Crippen LogP contribution in [0.15, 0.2) is 48.5 Å². The van der Waals surface area contributed by atoms with Crippen LogP contribution >= 0.6 is 0 Å². The van der Waals surface area contributed by atoms with Crippen LogP contribution in [-0.4, -0.2) is 36.9 Å². The second-order valence-corrected chi connectivity index (χ2v) is 6.33. The molecule has 1 fully saturated rings. The Hall–Kier alpha value is -2.33. The largest absolute Gasteiger partial charge is 0.397 e. The maximum atomic E-state index is 12.6. The van der Waals surface area contributed by atoms with Crippen molar-refractivity contribution in [2.45, 2.75) is 19.3 Å². The number of nitrogens with one attached hydrogen (secondary N) is 1. The summed E-state index contributed by atoms with van der Waals surface area (Å²) in [6.07, 6.45) is 3.94. The lowest BCUT2D eigenvalue weighted by Crippen LogP contribution is -2.33. The molecule has 24 heavy (non-hydrogen) atoms. The van der Waals surface area contributed by atoms with E-state index in [4.69, 9.17) is 5.73 Å². The Kier molecular flexibility index (Phi) is 5.49. The van der Waals surface area contributed by atoms with E-state index in [1.807, 2.05) is 36.4 Å². The third-order valence-corrected chi connectivity index (χ3v) is 4.54. The molecule has 126 valence electrons. The fraction of sp³-hybridized carbons (Fsp3) is 0.350. The van der Waals surface area contributed by atoms with E-state index in [1.165, 1.54) is 32.4 Å². The molecule has 0 bridgehead atoms. The van der Waals surface area contributed by atoms with Crippen LogP contribution in [0, 0.1) is 0 Å². The van der Waals surface area contributed by atoms with Crippen LogP contribution in [0.1, 0.15) is 35.2 Å². The van der Waals surface area contributed by atoms with Gasteiger partial charge in [-0.05, 0) is 44.1 Å². The third kappa shape index (κ3) is 4.15. The molecule has 4 nitrogen and oxygen atoms in total. The van der Waals surface area contributed by atoms with E-state index in [1.54, 1.807) is 12.1 Å². The van der Waals surface area contributed by atoms with Gasteiger partial charge in [0, 0.05) is 24.2 Å². The van der Waals surface area contributed by atoms with Gasteiger partial charge in [0.05, 0.1) is 11.4 Å². The molecule has 0 aromatic heterocycles. The Morgan fingerprint density at radius 3 is 2.50 bits per heavy atom. The molecule has 1 heterocycles. The average Bonchev–Trinajstić information content (AvgIpc) is 2.64. The number of piperidine rings is 1. The Morgan fingerprint density at radius 1 is 1.00 bits per heavy atom. The van der Waals surface area contributed by atoms with Crippen molar-refractivity contribution in [3.63, 3.8) is 0 Å². The van der Waals surface area contributed by atoms with Crippen LogP contribution in [0.4, 0.5) is 11.4 Å². The molecule has 0 radical (unpaired) electrons. The Bertz CT molecular complexity index is 679. The maximum Gasteiger partial charge on any atom is 0.193 e. The molecule has 2 aromatic rings. The van der Waals surface area contributed by atoms with Crippen LogP contribution in [0.3, 0.4) is 0 Å². The van der Waals surface area contributed by atoms with Crippen LogP contribution in [0.5, 0.6) is 0 Å². The Morgan fingerprint density at radius 2 is 1.75 bits per heavy atom. The summed E-state index contributed by atoms with van der Waals surface area (Å²) >= 11 is 0. The highest BCUT2D eigenvalue weighted by Gasteiger charge is 2.12. The highest BCUT2D eigenvalue weighted by Crippen LogP contribution is 2.22. The summed E-state index contributed by atoms with van der Waals surface area (Å²) in [6.45, 7) is 4.22. The number of benzene rings is 2. The van der Waals surface area contributed by atoms with Crippen molar-refractivity contribution in [1.29, 1.82) is 0 Å². The van der Waals surface area contributed by atoms with Gasteiger partial charge < -0.3 is 16.0 Å². The summed E-state index contributed by atoms with van der Waals surface area (Å²) in [4.78, 5) is 15.0. The SMILES string of the molecule is Nc1ccc(C(=O)c2ccccc2)cc1NCCN1CCCCC1. The lowest BCUT2D eigenvalue weighted by atomic mass is 10.0. The number of ketones is 1. The number of hydrogen-bond acceptors (Lipinski definition) is 4. The molecule has 1 aliphatic rings. The first-order chi connectivity index (χ1) is 11.7. The summed E-state index contributed by atoms with van der Waals surface area (Å²) < 4.78 is 0. The van der Waals surface area contributed by atoms with Crippen molar-refractivity contribution in [2.24, 2.45) is 0 Å². The van der Waals surface area contributed by atoms with Gasteiger partial charge in [-0.25, -0.2) is 0 Å². The van der Waals surface area contributed by atoms with Crippen LogP contribution < -0.4 is 11.1 Å². The number of hydrogen-bond donors (Lipinski definition) is 2. The summed E-state index contributed by atoms with van der Waals surface area (Å²) in [5.41, 5.74) is 8.94. The molecule has 1 saturated heterocycles. The van der Waals surface area contributed by atoms with Crippen molar-refractivity contribution in [3.05, 3.63) is 59.7 Å². The third-order valence-electron chi connectivity index (χ3n) is 4.54. The summed E-state index contributed by atoms with van der Waals surface area (Å²) in [7, 11) is 0. The first-order valence-corrected chi connectivity index (χ1v) is 8.69. The summed E-state index contributed by atoms with van der Waals surface area (Å²) in [6, 6.07) is 14.8.